The first-order valence-corrected chi connectivity index (χ1v) is 11.6. The molecular weight excluding hydrogens is 357 g/mol. The van der Waals surface area contributed by atoms with Gasteiger partial charge in [0.25, 0.3) is 17.4 Å². The molecule has 0 fully saturated rings. The Kier molecular flexibility index (Phi) is 5.02. The SMILES string of the molecule is CC(C)(C)[Si](C)(C)Oc1ccc(C(F)(F)F)cc1S(=O)(=O)Cl. The lowest BCUT2D eigenvalue weighted by Crippen LogP contribution is -2.44. The maximum atomic E-state index is 12.7. The van der Waals surface area contributed by atoms with Crippen LogP contribution in [0.4, 0.5) is 13.2 Å². The molecule has 0 N–H and O–H groups in total. The molecule has 0 amide bonds. The smallest absolute Gasteiger partial charge is 0.416 e. The van der Waals surface area contributed by atoms with Crippen molar-refractivity contribution < 1.29 is 26.0 Å². The standard InChI is InChI=1S/C13H18ClF3O3SSi/c1-12(2,3)22(4,5)20-10-7-6-9(13(15,16)17)8-11(10)21(14,18)19/h6-8H,1-5H3. The van der Waals surface area contributed by atoms with E-state index in [1.165, 1.54) is 0 Å². The minimum atomic E-state index is -4.66. The number of halogens is 4. The first-order chi connectivity index (χ1) is 9.56. The van der Waals surface area contributed by atoms with Crippen molar-refractivity contribution in [2.45, 2.75) is 50.0 Å². The molecule has 22 heavy (non-hydrogen) atoms. The lowest BCUT2D eigenvalue weighted by Gasteiger charge is -2.36. The van der Waals surface area contributed by atoms with Gasteiger partial charge in [-0.3, -0.25) is 0 Å². The Labute approximate surface area is 134 Å². The molecule has 0 aliphatic carbocycles. The Morgan fingerprint density at radius 3 is 2.00 bits per heavy atom. The summed E-state index contributed by atoms with van der Waals surface area (Å²) in [5.74, 6) is -0.144. The molecule has 3 nitrogen and oxygen atoms in total. The van der Waals surface area contributed by atoms with Crippen LogP contribution in [0.3, 0.4) is 0 Å². The van der Waals surface area contributed by atoms with Crippen molar-refractivity contribution in [3.05, 3.63) is 23.8 Å². The summed E-state index contributed by atoms with van der Waals surface area (Å²) in [6, 6.07) is 2.30. The van der Waals surface area contributed by atoms with Gasteiger partial charge in [-0.2, -0.15) is 13.2 Å². The fraction of sp³-hybridized carbons (Fsp3) is 0.538. The van der Waals surface area contributed by atoms with Gasteiger partial charge in [0.1, 0.15) is 10.6 Å². The highest BCUT2D eigenvalue weighted by Crippen LogP contribution is 2.41. The highest BCUT2D eigenvalue weighted by atomic mass is 35.7. The van der Waals surface area contributed by atoms with Crippen LogP contribution >= 0.6 is 10.7 Å². The van der Waals surface area contributed by atoms with Crippen LogP contribution < -0.4 is 4.43 Å². The van der Waals surface area contributed by atoms with E-state index < -0.39 is 34.0 Å². The molecule has 0 radical (unpaired) electrons. The lowest BCUT2D eigenvalue weighted by molar-refractivity contribution is -0.137. The molecule has 0 atom stereocenters. The Morgan fingerprint density at radius 2 is 1.64 bits per heavy atom. The van der Waals surface area contributed by atoms with Gasteiger partial charge >= 0.3 is 6.18 Å². The number of hydrogen-bond donors (Lipinski definition) is 0. The lowest BCUT2D eigenvalue weighted by atomic mass is 10.2. The van der Waals surface area contributed by atoms with Gasteiger partial charge in [0.2, 0.25) is 0 Å². The van der Waals surface area contributed by atoms with Crippen LogP contribution in [0.2, 0.25) is 18.1 Å². The number of benzene rings is 1. The van der Waals surface area contributed by atoms with Crippen LogP contribution in [0.15, 0.2) is 23.1 Å². The quantitative estimate of drug-likeness (QED) is 0.551. The summed E-state index contributed by atoms with van der Waals surface area (Å²) >= 11 is 0. The molecule has 1 aromatic rings. The molecule has 0 spiro atoms. The maximum absolute atomic E-state index is 12.7. The number of alkyl halides is 3. The summed E-state index contributed by atoms with van der Waals surface area (Å²) in [5, 5.41) is -0.247. The summed E-state index contributed by atoms with van der Waals surface area (Å²) in [6.07, 6.45) is -4.66. The van der Waals surface area contributed by atoms with E-state index in [0.29, 0.717) is 6.07 Å². The molecule has 9 heteroatoms. The van der Waals surface area contributed by atoms with E-state index in [9.17, 15) is 21.6 Å². The molecule has 0 aliphatic heterocycles. The minimum Gasteiger partial charge on any atom is -0.543 e. The third-order valence-electron chi connectivity index (χ3n) is 3.71. The molecule has 0 unspecified atom stereocenters. The molecule has 1 aromatic carbocycles. The van der Waals surface area contributed by atoms with E-state index in [1.807, 2.05) is 33.9 Å². The Morgan fingerprint density at radius 1 is 1.14 bits per heavy atom. The Hall–Kier alpha value is -0.733. The van der Waals surface area contributed by atoms with Gasteiger partial charge in [-0.15, -0.1) is 0 Å². The summed E-state index contributed by atoms with van der Waals surface area (Å²) in [7, 11) is -1.52. The summed E-state index contributed by atoms with van der Waals surface area (Å²) < 4.78 is 67.2. The van der Waals surface area contributed by atoms with Gasteiger partial charge in [0.05, 0.1) is 5.56 Å². The van der Waals surface area contributed by atoms with Crippen molar-refractivity contribution in [3.63, 3.8) is 0 Å². The van der Waals surface area contributed by atoms with Crippen molar-refractivity contribution in [1.29, 1.82) is 0 Å². The van der Waals surface area contributed by atoms with Gasteiger partial charge in [-0.05, 0) is 36.3 Å². The molecule has 0 bridgehead atoms. The highest BCUT2D eigenvalue weighted by Gasteiger charge is 2.40. The average molecular weight is 375 g/mol. The van der Waals surface area contributed by atoms with E-state index in [-0.39, 0.29) is 10.8 Å². The van der Waals surface area contributed by atoms with Crippen LogP contribution in [-0.4, -0.2) is 16.7 Å². The molecular formula is C13H18ClF3O3SSi. The first-order valence-electron chi connectivity index (χ1n) is 6.40. The number of rotatable bonds is 3. The average Bonchev–Trinajstić information content (AvgIpc) is 2.24. The molecule has 0 saturated carbocycles. The second kappa shape index (κ2) is 5.72. The third kappa shape index (κ3) is 4.39. The van der Waals surface area contributed by atoms with Crippen molar-refractivity contribution in [1.82, 2.24) is 0 Å². The molecule has 0 aliphatic rings. The fourth-order valence-corrected chi connectivity index (χ4v) is 3.47. The second-order valence-corrected chi connectivity index (χ2v) is 13.7. The second-order valence-electron chi connectivity index (χ2n) is 6.46. The maximum Gasteiger partial charge on any atom is 0.416 e. The highest BCUT2D eigenvalue weighted by molar-refractivity contribution is 8.13. The van der Waals surface area contributed by atoms with Gasteiger partial charge in [-0.1, -0.05) is 20.8 Å². The summed E-state index contributed by atoms with van der Waals surface area (Å²) in [5.41, 5.74) is -1.09. The monoisotopic (exact) mass is 374 g/mol. The predicted octanol–water partition coefficient (Wildman–Crippen LogP) is 5.02. The normalized spacial score (nSPS) is 14.0. The molecule has 126 valence electrons. The first kappa shape index (κ1) is 19.3. The summed E-state index contributed by atoms with van der Waals surface area (Å²) in [6.45, 7) is 9.50. The van der Waals surface area contributed by atoms with Gasteiger partial charge < -0.3 is 4.43 Å². The fourth-order valence-electron chi connectivity index (χ4n) is 1.39. The molecule has 1 rings (SSSR count). The Bertz CT molecular complexity index is 664. The molecule has 0 saturated heterocycles. The van der Waals surface area contributed by atoms with E-state index in [1.54, 1.807) is 0 Å². The molecule has 0 aromatic heterocycles. The van der Waals surface area contributed by atoms with E-state index in [4.69, 9.17) is 15.1 Å². The zero-order valence-corrected chi connectivity index (χ0v) is 15.4. The van der Waals surface area contributed by atoms with Crippen LogP contribution in [0.5, 0.6) is 5.75 Å². The largest absolute Gasteiger partial charge is 0.543 e. The Balaban J connectivity index is 3.45. The molecule has 0 heterocycles. The van der Waals surface area contributed by atoms with Crippen molar-refractivity contribution in [2.24, 2.45) is 0 Å². The predicted molar refractivity (Wildman–Crippen MR) is 82.3 cm³/mol. The van der Waals surface area contributed by atoms with Crippen LogP contribution in [0.25, 0.3) is 0 Å². The van der Waals surface area contributed by atoms with Gasteiger partial charge in [-0.25, -0.2) is 8.42 Å². The van der Waals surface area contributed by atoms with E-state index in [0.717, 1.165) is 12.1 Å². The van der Waals surface area contributed by atoms with Gasteiger partial charge in [0.15, 0.2) is 0 Å². The van der Waals surface area contributed by atoms with Crippen molar-refractivity contribution in [3.8, 4) is 5.75 Å². The van der Waals surface area contributed by atoms with E-state index in [2.05, 4.69) is 0 Å². The number of hydrogen-bond acceptors (Lipinski definition) is 3. The summed E-state index contributed by atoms with van der Waals surface area (Å²) in [4.78, 5) is -0.659. The van der Waals surface area contributed by atoms with Crippen LogP contribution in [-0.2, 0) is 15.2 Å². The van der Waals surface area contributed by atoms with Crippen LogP contribution in [0.1, 0.15) is 26.3 Å². The zero-order chi connectivity index (χ0) is 17.6. The zero-order valence-electron chi connectivity index (χ0n) is 12.9. The van der Waals surface area contributed by atoms with E-state index >= 15 is 0 Å². The van der Waals surface area contributed by atoms with Crippen molar-refractivity contribution in [2.75, 3.05) is 0 Å². The topological polar surface area (TPSA) is 43.4 Å². The van der Waals surface area contributed by atoms with Crippen molar-refractivity contribution >= 4 is 28.1 Å². The van der Waals surface area contributed by atoms with Gasteiger partial charge in [0, 0.05) is 10.7 Å². The third-order valence-corrected chi connectivity index (χ3v) is 9.39. The van der Waals surface area contributed by atoms with Crippen LogP contribution in [0, 0.1) is 0 Å². The minimum absolute atomic E-state index is 0.144.